The van der Waals surface area contributed by atoms with Gasteiger partial charge in [0, 0.05) is 19.0 Å². The summed E-state index contributed by atoms with van der Waals surface area (Å²) in [6.07, 6.45) is -5.51. The average Bonchev–Trinajstić information content (AvgIpc) is 3.42. The van der Waals surface area contributed by atoms with Gasteiger partial charge in [-0.05, 0) is 50.5 Å². The molecule has 2 heterocycles. The monoisotopic (exact) mass is 518 g/mol. The first kappa shape index (κ1) is 26.5. The molecule has 2 saturated heterocycles. The van der Waals surface area contributed by atoms with Gasteiger partial charge in [0.25, 0.3) is 0 Å². The second kappa shape index (κ2) is 10.1. The lowest BCUT2D eigenvalue weighted by Gasteiger charge is -2.26. The minimum atomic E-state index is -4.50. The Hall–Kier alpha value is -3.56. The van der Waals surface area contributed by atoms with Crippen molar-refractivity contribution in [2.75, 3.05) is 19.7 Å². The van der Waals surface area contributed by atoms with Crippen molar-refractivity contribution in [3.05, 3.63) is 71.3 Å². The molecule has 198 valence electrons. The number of likely N-dealkylation sites (tertiary alicyclic amines) is 1. The number of benzene rings is 2. The number of ether oxygens (including phenoxy) is 2. The third kappa shape index (κ3) is 6.06. The number of hydrogen-bond donors (Lipinski definition) is 0. The van der Waals surface area contributed by atoms with Gasteiger partial charge in [0.15, 0.2) is 0 Å². The van der Waals surface area contributed by atoms with E-state index in [9.17, 15) is 27.6 Å². The first-order valence-corrected chi connectivity index (χ1v) is 12.0. The molecule has 0 spiro atoms. The molecule has 2 aliphatic heterocycles. The van der Waals surface area contributed by atoms with Crippen LogP contribution in [-0.4, -0.2) is 59.2 Å². The molecule has 2 aliphatic rings. The van der Waals surface area contributed by atoms with Crippen molar-refractivity contribution in [2.24, 2.45) is 5.92 Å². The second-order valence-electron chi connectivity index (χ2n) is 10.3. The molecule has 0 unspecified atom stereocenters. The third-order valence-electron chi connectivity index (χ3n) is 6.47. The van der Waals surface area contributed by atoms with E-state index in [1.165, 1.54) is 17.0 Å². The van der Waals surface area contributed by atoms with Crippen LogP contribution in [0.15, 0.2) is 54.6 Å². The number of imide groups is 1. The largest absolute Gasteiger partial charge is 0.447 e. The maximum absolute atomic E-state index is 13.8. The molecule has 0 N–H and O–H groups in total. The third-order valence-corrected chi connectivity index (χ3v) is 6.47. The zero-order valence-electron chi connectivity index (χ0n) is 20.8. The Labute approximate surface area is 213 Å². The quantitative estimate of drug-likeness (QED) is 0.553. The summed E-state index contributed by atoms with van der Waals surface area (Å²) in [6, 6.07) is 13.3. The highest BCUT2D eigenvalue weighted by Crippen LogP contribution is 2.38. The second-order valence-corrected chi connectivity index (χ2v) is 10.3. The van der Waals surface area contributed by atoms with Crippen molar-refractivity contribution >= 4 is 18.1 Å². The van der Waals surface area contributed by atoms with Crippen LogP contribution in [0.1, 0.15) is 43.4 Å². The zero-order valence-corrected chi connectivity index (χ0v) is 20.8. The number of nitrogens with zero attached hydrogens (tertiary/aromatic N) is 2. The van der Waals surface area contributed by atoms with E-state index in [0.717, 1.165) is 22.6 Å². The fourth-order valence-electron chi connectivity index (χ4n) is 4.73. The van der Waals surface area contributed by atoms with Gasteiger partial charge in [0.05, 0.1) is 17.5 Å². The van der Waals surface area contributed by atoms with Crippen molar-refractivity contribution in [3.8, 4) is 0 Å². The van der Waals surface area contributed by atoms with Gasteiger partial charge in [-0.1, -0.05) is 42.5 Å². The first-order chi connectivity index (χ1) is 17.3. The van der Waals surface area contributed by atoms with Gasteiger partial charge in [0.2, 0.25) is 5.91 Å². The van der Waals surface area contributed by atoms with Crippen molar-refractivity contribution in [1.82, 2.24) is 9.80 Å². The van der Waals surface area contributed by atoms with Crippen LogP contribution in [0.4, 0.5) is 22.8 Å². The Bertz CT molecular complexity index is 1150. The molecule has 3 amide bonds. The SMILES string of the molecule is CC(C)(C)OC(=O)N1C[C@H](C(=O)N2C(=O)OC[C@H]2Cc2ccccc2)[C@@H](c2ccc(C(F)(F)F)cc2)C1. The molecule has 2 fully saturated rings. The molecule has 7 nitrogen and oxygen atoms in total. The topological polar surface area (TPSA) is 76.2 Å². The molecule has 0 saturated carbocycles. The predicted octanol–water partition coefficient (Wildman–Crippen LogP) is 5.25. The van der Waals surface area contributed by atoms with E-state index in [2.05, 4.69) is 0 Å². The van der Waals surface area contributed by atoms with Crippen LogP contribution >= 0.6 is 0 Å². The van der Waals surface area contributed by atoms with E-state index in [1.54, 1.807) is 20.8 Å². The number of alkyl halides is 3. The van der Waals surface area contributed by atoms with Crippen molar-refractivity contribution in [3.63, 3.8) is 0 Å². The minimum Gasteiger partial charge on any atom is -0.447 e. The van der Waals surface area contributed by atoms with Gasteiger partial charge in [-0.2, -0.15) is 13.2 Å². The highest BCUT2D eigenvalue weighted by Gasteiger charge is 2.48. The number of rotatable bonds is 4. The Kier molecular flexibility index (Phi) is 7.21. The van der Waals surface area contributed by atoms with Crippen LogP contribution in [-0.2, 0) is 26.9 Å². The minimum absolute atomic E-state index is 0.0346. The molecule has 4 rings (SSSR count). The van der Waals surface area contributed by atoms with E-state index in [-0.39, 0.29) is 19.7 Å². The van der Waals surface area contributed by atoms with Crippen LogP contribution < -0.4 is 0 Å². The van der Waals surface area contributed by atoms with Crippen LogP contribution in [0.3, 0.4) is 0 Å². The molecule has 10 heteroatoms. The normalized spacial score (nSPS) is 22.2. The Balaban J connectivity index is 1.62. The first-order valence-electron chi connectivity index (χ1n) is 12.0. The number of carbonyl (C=O) groups is 3. The summed E-state index contributed by atoms with van der Waals surface area (Å²) in [5.74, 6) is -2.03. The lowest BCUT2D eigenvalue weighted by atomic mass is 9.87. The zero-order chi connectivity index (χ0) is 27.0. The Morgan fingerprint density at radius 1 is 1.00 bits per heavy atom. The summed E-state index contributed by atoms with van der Waals surface area (Å²) in [5.41, 5.74) is -0.204. The van der Waals surface area contributed by atoms with Gasteiger partial charge >= 0.3 is 18.4 Å². The van der Waals surface area contributed by atoms with E-state index < -0.39 is 53.3 Å². The number of carbonyl (C=O) groups excluding carboxylic acids is 3. The highest BCUT2D eigenvalue weighted by atomic mass is 19.4. The van der Waals surface area contributed by atoms with Crippen molar-refractivity contribution < 1.29 is 37.0 Å². The van der Waals surface area contributed by atoms with Gasteiger partial charge in [-0.15, -0.1) is 0 Å². The van der Waals surface area contributed by atoms with E-state index in [0.29, 0.717) is 12.0 Å². The summed E-state index contributed by atoms with van der Waals surface area (Å²) >= 11 is 0. The maximum atomic E-state index is 13.8. The number of halogens is 3. The summed E-state index contributed by atoms with van der Waals surface area (Å²) in [5, 5.41) is 0. The standard InChI is InChI=1S/C27H29F3N2O5/c1-26(2,3)37-24(34)31-14-21(18-9-11-19(12-10-18)27(28,29)30)22(15-31)23(33)32-20(16-36-25(32)35)13-17-7-5-4-6-8-17/h4-12,20-22H,13-16H2,1-3H3/t20-,21-,22+/m1/s1. The number of amides is 3. The number of cyclic esters (lactones) is 1. The summed E-state index contributed by atoms with van der Waals surface area (Å²) in [7, 11) is 0. The molecule has 2 aromatic carbocycles. The molecule has 0 radical (unpaired) electrons. The fraction of sp³-hybridized carbons (Fsp3) is 0.444. The summed E-state index contributed by atoms with van der Waals surface area (Å²) < 4.78 is 50.0. The Morgan fingerprint density at radius 3 is 2.24 bits per heavy atom. The fourth-order valence-corrected chi connectivity index (χ4v) is 4.73. The van der Waals surface area contributed by atoms with Gasteiger partial charge in [-0.3, -0.25) is 4.79 Å². The maximum Gasteiger partial charge on any atom is 0.416 e. The van der Waals surface area contributed by atoms with Gasteiger partial charge < -0.3 is 14.4 Å². The van der Waals surface area contributed by atoms with E-state index in [1.807, 2.05) is 30.3 Å². The van der Waals surface area contributed by atoms with Crippen LogP contribution in [0.25, 0.3) is 0 Å². The molecular weight excluding hydrogens is 489 g/mol. The summed E-state index contributed by atoms with van der Waals surface area (Å²) in [4.78, 5) is 41.7. The molecule has 2 aromatic rings. The summed E-state index contributed by atoms with van der Waals surface area (Å²) in [6.45, 7) is 5.19. The van der Waals surface area contributed by atoms with Crippen LogP contribution in [0, 0.1) is 5.92 Å². The molecule has 0 bridgehead atoms. The van der Waals surface area contributed by atoms with E-state index >= 15 is 0 Å². The average molecular weight is 519 g/mol. The molecule has 0 aliphatic carbocycles. The van der Waals surface area contributed by atoms with Crippen LogP contribution in [0.5, 0.6) is 0 Å². The number of hydrogen-bond acceptors (Lipinski definition) is 5. The lowest BCUT2D eigenvalue weighted by Crippen LogP contribution is -2.45. The van der Waals surface area contributed by atoms with Gasteiger partial charge in [-0.25, -0.2) is 14.5 Å². The molecular formula is C27H29F3N2O5. The predicted molar refractivity (Wildman–Crippen MR) is 128 cm³/mol. The van der Waals surface area contributed by atoms with Crippen molar-refractivity contribution in [1.29, 1.82) is 0 Å². The van der Waals surface area contributed by atoms with E-state index in [4.69, 9.17) is 9.47 Å². The molecule has 0 aromatic heterocycles. The van der Waals surface area contributed by atoms with Crippen LogP contribution in [0.2, 0.25) is 0 Å². The van der Waals surface area contributed by atoms with Gasteiger partial charge in [0.1, 0.15) is 12.2 Å². The smallest absolute Gasteiger partial charge is 0.416 e. The molecule has 37 heavy (non-hydrogen) atoms. The molecule has 3 atom stereocenters. The van der Waals surface area contributed by atoms with Crippen molar-refractivity contribution in [2.45, 2.75) is 50.9 Å². The lowest BCUT2D eigenvalue weighted by molar-refractivity contribution is -0.137. The highest BCUT2D eigenvalue weighted by molar-refractivity contribution is 5.96. The Morgan fingerprint density at radius 2 is 1.65 bits per heavy atom.